The first-order valence-electron chi connectivity index (χ1n) is 5.31. The monoisotopic (exact) mass is 191 g/mol. The molecule has 0 bridgehead atoms. The largest absolute Gasteiger partial charge is 0.373 e. The van der Waals surface area contributed by atoms with Crippen LogP contribution in [0.5, 0.6) is 0 Å². The Kier molecular flexibility index (Phi) is 3.17. The summed E-state index contributed by atoms with van der Waals surface area (Å²) in [5.74, 6) is 0. The Bertz CT molecular complexity index is 298. The summed E-state index contributed by atoms with van der Waals surface area (Å²) < 4.78 is 5.79. The Balaban J connectivity index is 1.96. The molecule has 2 heteroatoms. The van der Waals surface area contributed by atoms with Crippen LogP contribution in [-0.2, 0) is 11.2 Å². The van der Waals surface area contributed by atoms with Gasteiger partial charge < -0.3 is 10.5 Å². The summed E-state index contributed by atoms with van der Waals surface area (Å²) in [7, 11) is 0. The highest BCUT2D eigenvalue weighted by Gasteiger charge is 2.21. The Labute approximate surface area is 85.1 Å². The van der Waals surface area contributed by atoms with Gasteiger partial charge in [0.05, 0.1) is 6.10 Å². The van der Waals surface area contributed by atoms with E-state index >= 15 is 0 Å². The van der Waals surface area contributed by atoms with E-state index in [1.54, 1.807) is 0 Å². The molecule has 0 saturated carbocycles. The molecule has 76 valence electrons. The lowest BCUT2D eigenvalue weighted by Crippen LogP contribution is -2.07. The summed E-state index contributed by atoms with van der Waals surface area (Å²) in [5.41, 5.74) is 8.26. The Morgan fingerprint density at radius 1 is 1.36 bits per heavy atom. The van der Waals surface area contributed by atoms with Crippen LogP contribution in [-0.4, -0.2) is 13.2 Å². The van der Waals surface area contributed by atoms with Crippen molar-refractivity contribution in [3.05, 3.63) is 35.4 Å². The minimum absolute atomic E-state index is 0.317. The predicted octanol–water partition coefficient (Wildman–Crippen LogP) is 2.04. The van der Waals surface area contributed by atoms with E-state index in [9.17, 15) is 0 Å². The minimum atomic E-state index is 0.317. The van der Waals surface area contributed by atoms with Crippen LogP contribution in [0.2, 0.25) is 0 Å². The molecule has 1 aliphatic rings. The van der Waals surface area contributed by atoms with Gasteiger partial charge in [0, 0.05) is 6.61 Å². The van der Waals surface area contributed by atoms with E-state index in [2.05, 4.69) is 24.3 Å². The van der Waals surface area contributed by atoms with Gasteiger partial charge in [-0.25, -0.2) is 0 Å². The van der Waals surface area contributed by atoms with E-state index in [-0.39, 0.29) is 0 Å². The highest BCUT2D eigenvalue weighted by atomic mass is 16.5. The van der Waals surface area contributed by atoms with Crippen LogP contribution in [0.1, 0.15) is 30.1 Å². The van der Waals surface area contributed by atoms with Crippen molar-refractivity contribution >= 4 is 0 Å². The molecule has 0 amide bonds. The average molecular weight is 191 g/mol. The van der Waals surface area contributed by atoms with Crippen molar-refractivity contribution in [2.45, 2.75) is 25.4 Å². The first-order valence-corrected chi connectivity index (χ1v) is 5.31. The molecule has 14 heavy (non-hydrogen) atoms. The number of rotatable bonds is 4. The number of ether oxygens (including phenoxy) is 1. The van der Waals surface area contributed by atoms with Gasteiger partial charge >= 0.3 is 0 Å². The first-order chi connectivity index (χ1) is 6.92. The van der Waals surface area contributed by atoms with Gasteiger partial charge in [0.15, 0.2) is 0 Å². The Hall–Kier alpha value is -0.860. The van der Waals surface area contributed by atoms with Gasteiger partial charge in [0.1, 0.15) is 0 Å². The van der Waals surface area contributed by atoms with E-state index in [1.165, 1.54) is 11.1 Å². The van der Waals surface area contributed by atoms with Crippen LogP contribution >= 0.6 is 0 Å². The second kappa shape index (κ2) is 4.58. The quantitative estimate of drug-likeness (QED) is 0.739. The van der Waals surface area contributed by atoms with E-state index in [0.29, 0.717) is 12.6 Å². The van der Waals surface area contributed by atoms with E-state index in [4.69, 9.17) is 10.5 Å². The summed E-state index contributed by atoms with van der Waals surface area (Å²) in [6.07, 6.45) is 3.56. The predicted molar refractivity (Wildman–Crippen MR) is 57.1 cm³/mol. The topological polar surface area (TPSA) is 35.2 Å². The summed E-state index contributed by atoms with van der Waals surface area (Å²) >= 11 is 0. The molecule has 1 aliphatic carbocycles. The third kappa shape index (κ3) is 1.97. The lowest BCUT2D eigenvalue weighted by Gasteiger charge is -2.12. The Morgan fingerprint density at radius 3 is 3.07 bits per heavy atom. The molecule has 0 spiro atoms. The van der Waals surface area contributed by atoms with Gasteiger partial charge in [-0.15, -0.1) is 0 Å². The fraction of sp³-hybridized carbons (Fsp3) is 0.500. The van der Waals surface area contributed by atoms with Crippen molar-refractivity contribution in [1.29, 1.82) is 0 Å². The highest BCUT2D eigenvalue weighted by molar-refractivity contribution is 5.33. The number of hydrogen-bond acceptors (Lipinski definition) is 2. The van der Waals surface area contributed by atoms with Gasteiger partial charge in [-0.05, 0) is 36.9 Å². The highest BCUT2D eigenvalue weighted by Crippen LogP contribution is 2.33. The van der Waals surface area contributed by atoms with Gasteiger partial charge in [-0.1, -0.05) is 24.3 Å². The van der Waals surface area contributed by atoms with Crippen LogP contribution in [0.15, 0.2) is 24.3 Å². The number of aryl methyl sites for hydroxylation is 1. The second-order valence-corrected chi connectivity index (χ2v) is 3.74. The summed E-state index contributed by atoms with van der Waals surface area (Å²) in [4.78, 5) is 0. The van der Waals surface area contributed by atoms with Crippen molar-refractivity contribution in [1.82, 2.24) is 0 Å². The van der Waals surface area contributed by atoms with Gasteiger partial charge in [0.25, 0.3) is 0 Å². The molecular formula is C12H17NO. The molecular weight excluding hydrogens is 174 g/mol. The first kappa shape index (κ1) is 9.69. The molecule has 0 saturated heterocycles. The minimum Gasteiger partial charge on any atom is -0.373 e. The van der Waals surface area contributed by atoms with Gasteiger partial charge in [0.2, 0.25) is 0 Å². The third-order valence-electron chi connectivity index (χ3n) is 2.75. The van der Waals surface area contributed by atoms with Gasteiger partial charge in [-0.3, -0.25) is 0 Å². The fourth-order valence-corrected chi connectivity index (χ4v) is 2.00. The standard InChI is InChI=1S/C12H17NO/c13-8-3-9-14-12-7-6-10-4-1-2-5-11(10)12/h1-2,4-5,12H,3,6-9,13H2. The summed E-state index contributed by atoms with van der Waals surface area (Å²) in [6.45, 7) is 1.50. The third-order valence-corrected chi connectivity index (χ3v) is 2.75. The molecule has 1 aromatic carbocycles. The lowest BCUT2D eigenvalue weighted by molar-refractivity contribution is 0.0534. The maximum absolute atomic E-state index is 5.79. The van der Waals surface area contributed by atoms with Crippen molar-refractivity contribution < 1.29 is 4.74 Å². The van der Waals surface area contributed by atoms with Crippen LogP contribution in [0.3, 0.4) is 0 Å². The SMILES string of the molecule is NCCCOC1CCc2ccccc21. The zero-order valence-electron chi connectivity index (χ0n) is 8.41. The van der Waals surface area contributed by atoms with Crippen molar-refractivity contribution in [2.75, 3.05) is 13.2 Å². The maximum Gasteiger partial charge on any atom is 0.0830 e. The van der Waals surface area contributed by atoms with Crippen molar-refractivity contribution in [3.8, 4) is 0 Å². The number of hydrogen-bond donors (Lipinski definition) is 1. The molecule has 1 aromatic rings. The molecule has 1 atom stereocenters. The van der Waals surface area contributed by atoms with E-state index < -0.39 is 0 Å². The van der Waals surface area contributed by atoms with Crippen LogP contribution in [0.25, 0.3) is 0 Å². The zero-order chi connectivity index (χ0) is 9.80. The molecule has 0 radical (unpaired) electrons. The molecule has 0 heterocycles. The van der Waals surface area contributed by atoms with E-state index in [0.717, 1.165) is 25.9 Å². The average Bonchev–Trinajstić information content (AvgIpc) is 2.63. The molecule has 1 unspecified atom stereocenters. The zero-order valence-corrected chi connectivity index (χ0v) is 8.41. The summed E-state index contributed by atoms with van der Waals surface area (Å²) in [5, 5.41) is 0. The number of nitrogens with two attached hydrogens (primary N) is 1. The lowest BCUT2D eigenvalue weighted by atomic mass is 10.1. The number of benzene rings is 1. The second-order valence-electron chi connectivity index (χ2n) is 3.74. The Morgan fingerprint density at radius 2 is 2.21 bits per heavy atom. The molecule has 0 aliphatic heterocycles. The molecule has 2 nitrogen and oxygen atoms in total. The fourth-order valence-electron chi connectivity index (χ4n) is 2.00. The normalized spacial score (nSPS) is 19.6. The van der Waals surface area contributed by atoms with E-state index in [1.807, 2.05) is 0 Å². The van der Waals surface area contributed by atoms with Crippen molar-refractivity contribution in [3.63, 3.8) is 0 Å². The van der Waals surface area contributed by atoms with Gasteiger partial charge in [-0.2, -0.15) is 0 Å². The summed E-state index contributed by atoms with van der Waals surface area (Å²) in [6, 6.07) is 8.56. The molecule has 0 aromatic heterocycles. The van der Waals surface area contributed by atoms with Crippen molar-refractivity contribution in [2.24, 2.45) is 5.73 Å². The number of fused-ring (bicyclic) bond motifs is 1. The van der Waals surface area contributed by atoms with Crippen LogP contribution in [0, 0.1) is 0 Å². The van der Waals surface area contributed by atoms with Crippen LogP contribution in [0.4, 0.5) is 0 Å². The molecule has 2 N–H and O–H groups in total. The molecule has 0 fully saturated rings. The van der Waals surface area contributed by atoms with Crippen LogP contribution < -0.4 is 5.73 Å². The maximum atomic E-state index is 5.79. The smallest absolute Gasteiger partial charge is 0.0830 e. The molecule has 2 rings (SSSR count).